The van der Waals surface area contributed by atoms with Crippen LogP contribution in [0.25, 0.3) is 21.9 Å². The number of aromatic nitrogens is 3. The second-order valence-corrected chi connectivity index (χ2v) is 6.36. The number of hydrogen-bond acceptors (Lipinski definition) is 4. The summed E-state index contributed by atoms with van der Waals surface area (Å²) < 4.78 is 1.61. The number of benzene rings is 2. The van der Waals surface area contributed by atoms with Gasteiger partial charge in [0.05, 0.1) is 11.7 Å². The highest BCUT2D eigenvalue weighted by Gasteiger charge is 2.12. The zero-order valence-electron chi connectivity index (χ0n) is 12.7. The normalized spacial score (nSPS) is 11.7. The first kappa shape index (κ1) is 15.4. The van der Waals surface area contributed by atoms with Crippen molar-refractivity contribution in [3.8, 4) is 5.75 Å². The van der Waals surface area contributed by atoms with E-state index in [0.29, 0.717) is 11.1 Å². The first-order valence-corrected chi connectivity index (χ1v) is 8.12. The largest absolute Gasteiger partial charge is 0.508 e. The number of fused-ring (bicyclic) bond motifs is 3. The number of phenols is 1. The summed E-state index contributed by atoms with van der Waals surface area (Å²) in [5, 5.41) is 14.0. The zero-order valence-corrected chi connectivity index (χ0v) is 14.2. The van der Waals surface area contributed by atoms with Crippen LogP contribution in [0.3, 0.4) is 0 Å². The van der Waals surface area contributed by atoms with Gasteiger partial charge in [0.15, 0.2) is 0 Å². The first-order valence-electron chi connectivity index (χ1n) is 7.32. The third-order valence-corrected chi connectivity index (χ3v) is 4.30. The molecule has 0 amide bonds. The van der Waals surface area contributed by atoms with E-state index in [-0.39, 0.29) is 11.3 Å². The van der Waals surface area contributed by atoms with E-state index in [2.05, 4.69) is 31.0 Å². The Labute approximate surface area is 148 Å². The van der Waals surface area contributed by atoms with Gasteiger partial charge >= 0.3 is 11.2 Å². The predicted octanol–water partition coefficient (Wildman–Crippen LogP) is 2.52. The van der Waals surface area contributed by atoms with Crippen LogP contribution in [0.4, 0.5) is 0 Å². The predicted molar refractivity (Wildman–Crippen MR) is 99.5 cm³/mol. The standard InChI is InChI=1S/C17H11BrN4O3/c18-10-3-6-13-12(7-10)14-15(20-13)16(24)22(17(25)21-14)19-8-9-1-4-11(23)5-2-9/h1-8,20,23H,(H,21,25)/b19-8-. The Balaban J connectivity index is 1.90. The van der Waals surface area contributed by atoms with E-state index in [1.807, 2.05) is 18.2 Å². The van der Waals surface area contributed by atoms with Gasteiger partial charge in [-0.3, -0.25) is 4.79 Å². The molecule has 7 nitrogen and oxygen atoms in total. The minimum Gasteiger partial charge on any atom is -0.508 e. The molecule has 3 N–H and O–H groups in total. The van der Waals surface area contributed by atoms with Crippen LogP contribution in [-0.2, 0) is 0 Å². The number of rotatable bonds is 2. The topological polar surface area (TPSA) is 103 Å². The number of hydrogen-bond donors (Lipinski definition) is 3. The summed E-state index contributed by atoms with van der Waals surface area (Å²) >= 11 is 3.38. The third kappa shape index (κ3) is 2.66. The van der Waals surface area contributed by atoms with Crippen LogP contribution >= 0.6 is 15.9 Å². The molecule has 0 bridgehead atoms. The van der Waals surface area contributed by atoms with Crippen LogP contribution in [-0.4, -0.2) is 26.0 Å². The fourth-order valence-corrected chi connectivity index (χ4v) is 2.96. The van der Waals surface area contributed by atoms with Crippen molar-refractivity contribution in [3.05, 3.63) is 73.3 Å². The molecule has 0 spiro atoms. The highest BCUT2D eigenvalue weighted by Crippen LogP contribution is 2.24. The van der Waals surface area contributed by atoms with Gasteiger partial charge in [0.1, 0.15) is 11.3 Å². The van der Waals surface area contributed by atoms with Crippen molar-refractivity contribution >= 4 is 44.1 Å². The molecule has 0 fully saturated rings. The number of phenolic OH excluding ortho intramolecular Hbond substituents is 1. The summed E-state index contributed by atoms with van der Waals surface area (Å²) in [5.74, 6) is 0.123. The third-order valence-electron chi connectivity index (χ3n) is 3.81. The first-order chi connectivity index (χ1) is 12.0. The summed E-state index contributed by atoms with van der Waals surface area (Å²) in [6.45, 7) is 0. The molecule has 0 aliphatic rings. The molecule has 2 heterocycles. The summed E-state index contributed by atoms with van der Waals surface area (Å²) in [4.78, 5) is 30.6. The van der Waals surface area contributed by atoms with Gasteiger partial charge in [0, 0.05) is 15.4 Å². The van der Waals surface area contributed by atoms with Crippen molar-refractivity contribution in [2.75, 3.05) is 0 Å². The SMILES string of the molecule is O=c1[nH]c2c([nH]c3ccc(Br)cc32)c(=O)n1/N=C\c1ccc(O)cc1. The number of halogens is 1. The summed E-state index contributed by atoms with van der Waals surface area (Å²) in [5.41, 5.74) is 0.934. The van der Waals surface area contributed by atoms with Crippen LogP contribution in [0, 0.1) is 0 Å². The molecule has 25 heavy (non-hydrogen) atoms. The van der Waals surface area contributed by atoms with Gasteiger partial charge in [-0.2, -0.15) is 5.10 Å². The number of nitrogens with zero attached hydrogens (tertiary/aromatic N) is 2. The lowest BCUT2D eigenvalue weighted by Gasteiger charge is -1.98. The lowest BCUT2D eigenvalue weighted by Crippen LogP contribution is -2.32. The Bertz CT molecular complexity index is 1250. The molecule has 2 aromatic carbocycles. The van der Waals surface area contributed by atoms with Gasteiger partial charge in [0.2, 0.25) is 0 Å². The molecule has 124 valence electrons. The maximum Gasteiger partial charge on any atom is 0.350 e. The van der Waals surface area contributed by atoms with Crippen LogP contribution in [0.15, 0.2) is 61.6 Å². The van der Waals surface area contributed by atoms with Crippen LogP contribution in [0.1, 0.15) is 5.56 Å². The van der Waals surface area contributed by atoms with Crippen molar-refractivity contribution in [2.45, 2.75) is 0 Å². The Morgan fingerprint density at radius 1 is 1.04 bits per heavy atom. The van der Waals surface area contributed by atoms with Crippen LogP contribution in [0.5, 0.6) is 5.75 Å². The second kappa shape index (κ2) is 5.75. The van der Waals surface area contributed by atoms with E-state index in [4.69, 9.17) is 0 Å². The molecule has 0 unspecified atom stereocenters. The van der Waals surface area contributed by atoms with Crippen LogP contribution in [0.2, 0.25) is 0 Å². The molecule has 0 aliphatic heterocycles. The van der Waals surface area contributed by atoms with Gasteiger partial charge in [0.25, 0.3) is 0 Å². The number of aromatic hydroxyl groups is 1. The minimum atomic E-state index is -0.631. The average Bonchev–Trinajstić information content (AvgIpc) is 2.94. The summed E-state index contributed by atoms with van der Waals surface area (Å²) in [7, 11) is 0. The molecule has 8 heteroatoms. The van der Waals surface area contributed by atoms with E-state index >= 15 is 0 Å². The van der Waals surface area contributed by atoms with Crippen molar-refractivity contribution in [3.63, 3.8) is 0 Å². The Kier molecular flexibility index (Phi) is 3.54. The van der Waals surface area contributed by atoms with Gasteiger partial charge < -0.3 is 15.1 Å². The zero-order chi connectivity index (χ0) is 17.6. The van der Waals surface area contributed by atoms with Gasteiger partial charge in [-0.15, -0.1) is 4.68 Å². The van der Waals surface area contributed by atoms with E-state index in [9.17, 15) is 14.7 Å². The van der Waals surface area contributed by atoms with Crippen LogP contribution < -0.4 is 11.2 Å². The quantitative estimate of drug-likeness (QED) is 0.452. The van der Waals surface area contributed by atoms with E-state index < -0.39 is 11.2 Å². The molecule has 4 aromatic rings. The fraction of sp³-hybridized carbons (Fsp3) is 0. The lowest BCUT2D eigenvalue weighted by molar-refractivity contribution is 0.475. The van der Waals surface area contributed by atoms with Crippen molar-refractivity contribution in [1.82, 2.24) is 14.6 Å². The second-order valence-electron chi connectivity index (χ2n) is 5.45. The van der Waals surface area contributed by atoms with Gasteiger partial charge in [-0.25, -0.2) is 4.79 Å². The highest BCUT2D eigenvalue weighted by molar-refractivity contribution is 9.10. The van der Waals surface area contributed by atoms with Gasteiger partial charge in [-0.1, -0.05) is 15.9 Å². The number of H-pyrrole nitrogens is 2. The van der Waals surface area contributed by atoms with Crippen molar-refractivity contribution in [2.24, 2.45) is 5.10 Å². The summed E-state index contributed by atoms with van der Waals surface area (Å²) in [6.07, 6.45) is 1.38. The molecular weight excluding hydrogens is 388 g/mol. The maximum absolute atomic E-state index is 12.6. The van der Waals surface area contributed by atoms with E-state index in [1.54, 1.807) is 12.1 Å². The highest BCUT2D eigenvalue weighted by atomic mass is 79.9. The Hall–Kier alpha value is -3.13. The van der Waals surface area contributed by atoms with E-state index in [0.717, 1.165) is 20.1 Å². The molecule has 2 aromatic heterocycles. The van der Waals surface area contributed by atoms with Gasteiger partial charge in [-0.05, 0) is 48.0 Å². The Morgan fingerprint density at radius 2 is 1.80 bits per heavy atom. The fourth-order valence-electron chi connectivity index (χ4n) is 2.60. The number of nitrogens with one attached hydrogen (secondary N) is 2. The van der Waals surface area contributed by atoms with Crippen molar-refractivity contribution in [1.29, 1.82) is 0 Å². The number of aromatic amines is 2. The molecular formula is C17H11BrN4O3. The molecule has 0 radical (unpaired) electrons. The maximum atomic E-state index is 12.6. The average molecular weight is 399 g/mol. The molecule has 0 atom stereocenters. The molecule has 4 rings (SSSR count). The molecule has 0 aliphatic carbocycles. The minimum absolute atomic E-state index is 0.123. The Morgan fingerprint density at radius 3 is 2.56 bits per heavy atom. The monoisotopic (exact) mass is 398 g/mol. The smallest absolute Gasteiger partial charge is 0.350 e. The lowest BCUT2D eigenvalue weighted by atomic mass is 10.2. The molecule has 0 saturated heterocycles. The van der Waals surface area contributed by atoms with Crippen molar-refractivity contribution < 1.29 is 5.11 Å². The summed E-state index contributed by atoms with van der Waals surface area (Å²) in [6, 6.07) is 11.7. The van der Waals surface area contributed by atoms with E-state index in [1.165, 1.54) is 18.3 Å². The molecule has 0 saturated carbocycles.